The van der Waals surface area contributed by atoms with Crippen LogP contribution in [0.25, 0.3) is 0 Å². The van der Waals surface area contributed by atoms with Gasteiger partial charge in [0.15, 0.2) is 5.17 Å². The lowest BCUT2D eigenvalue weighted by Crippen LogP contribution is -2.28. The van der Waals surface area contributed by atoms with E-state index in [0.29, 0.717) is 5.25 Å². The van der Waals surface area contributed by atoms with Gasteiger partial charge in [0.05, 0.1) is 11.7 Å². The maximum absolute atomic E-state index is 5.06. The monoisotopic (exact) mass is 403 g/mol. The predicted molar refractivity (Wildman–Crippen MR) is 118 cm³/mol. The molecule has 3 nitrogen and oxygen atoms in total. The molecule has 0 N–H and O–H groups in total. The quantitative estimate of drug-likeness (QED) is 0.549. The Labute approximate surface area is 174 Å². The number of rotatable bonds is 4. The first-order chi connectivity index (χ1) is 13.8. The molecule has 1 aromatic heterocycles. The lowest BCUT2D eigenvalue weighted by Gasteiger charge is -2.27. The van der Waals surface area contributed by atoms with E-state index in [4.69, 9.17) is 4.99 Å². The average Bonchev–Trinajstić information content (AvgIpc) is 3.26. The number of fused-ring (bicyclic) bond motifs is 1. The van der Waals surface area contributed by atoms with Crippen LogP contribution in [-0.4, -0.2) is 26.8 Å². The summed E-state index contributed by atoms with van der Waals surface area (Å²) in [6.45, 7) is 3.32. The molecule has 2 aromatic carbocycles. The van der Waals surface area contributed by atoms with Crippen molar-refractivity contribution < 1.29 is 0 Å². The standard InChI is InChI=1S/C23H21N3S2/c1-16-15-26-22(21(25-23(26)27-16)20-9-5-6-14-24-20)17-10-12-19(13-11-17)28-18-7-3-2-4-8-18/h2-14,16,21-22H,15H2,1H3/t16-,21-,22-/m0/s1. The fourth-order valence-electron chi connectivity index (χ4n) is 3.84. The van der Waals surface area contributed by atoms with Gasteiger partial charge in [-0.2, -0.15) is 0 Å². The average molecular weight is 404 g/mol. The summed E-state index contributed by atoms with van der Waals surface area (Å²) in [5.74, 6) is 0. The van der Waals surface area contributed by atoms with Gasteiger partial charge < -0.3 is 4.90 Å². The van der Waals surface area contributed by atoms with Crippen LogP contribution < -0.4 is 0 Å². The normalized spacial score (nSPS) is 23.5. The highest BCUT2D eigenvalue weighted by Crippen LogP contribution is 2.47. The van der Waals surface area contributed by atoms with Crippen molar-refractivity contribution >= 4 is 28.7 Å². The van der Waals surface area contributed by atoms with Crippen LogP contribution >= 0.6 is 23.5 Å². The zero-order chi connectivity index (χ0) is 18.9. The van der Waals surface area contributed by atoms with Gasteiger partial charge in [0.2, 0.25) is 0 Å². The summed E-state index contributed by atoms with van der Waals surface area (Å²) in [6, 6.07) is 25.9. The summed E-state index contributed by atoms with van der Waals surface area (Å²) >= 11 is 3.68. The highest BCUT2D eigenvalue weighted by atomic mass is 32.2. The van der Waals surface area contributed by atoms with E-state index in [1.54, 1.807) is 11.8 Å². The lowest BCUT2D eigenvalue weighted by atomic mass is 9.96. The van der Waals surface area contributed by atoms with Gasteiger partial charge in [0.1, 0.15) is 6.04 Å². The smallest absolute Gasteiger partial charge is 0.160 e. The van der Waals surface area contributed by atoms with Crippen LogP contribution in [0.2, 0.25) is 0 Å². The van der Waals surface area contributed by atoms with Gasteiger partial charge in [0.25, 0.3) is 0 Å². The van der Waals surface area contributed by atoms with Crippen LogP contribution in [0.5, 0.6) is 0 Å². The Morgan fingerprint density at radius 1 is 0.929 bits per heavy atom. The lowest BCUT2D eigenvalue weighted by molar-refractivity contribution is 0.321. The van der Waals surface area contributed by atoms with Crippen molar-refractivity contribution in [2.24, 2.45) is 4.99 Å². The number of benzene rings is 2. The van der Waals surface area contributed by atoms with Gasteiger partial charge in [-0.1, -0.05) is 66.8 Å². The molecule has 0 spiro atoms. The van der Waals surface area contributed by atoms with Crippen LogP contribution in [0, 0.1) is 0 Å². The zero-order valence-corrected chi connectivity index (χ0v) is 17.2. The van der Waals surface area contributed by atoms with Crippen molar-refractivity contribution in [1.29, 1.82) is 0 Å². The fraction of sp³-hybridized carbons (Fsp3) is 0.217. The minimum absolute atomic E-state index is 0.0591. The summed E-state index contributed by atoms with van der Waals surface area (Å²) in [5, 5.41) is 1.75. The van der Waals surface area contributed by atoms with E-state index >= 15 is 0 Å². The Hall–Kier alpha value is -2.24. The Morgan fingerprint density at radius 2 is 1.68 bits per heavy atom. The molecule has 5 rings (SSSR count). The Morgan fingerprint density at radius 3 is 2.43 bits per heavy atom. The van der Waals surface area contributed by atoms with E-state index in [2.05, 4.69) is 83.5 Å². The topological polar surface area (TPSA) is 28.5 Å². The maximum Gasteiger partial charge on any atom is 0.160 e. The number of amidine groups is 1. The van der Waals surface area contributed by atoms with Gasteiger partial charge in [-0.05, 0) is 42.0 Å². The second-order valence-electron chi connectivity index (χ2n) is 7.12. The SMILES string of the molecule is C[C@H]1CN2C(=N[C@@H](c3ccccn3)[C@@H]2c2ccc(Sc3ccccc3)cc2)S1. The molecular weight excluding hydrogens is 382 g/mol. The molecule has 0 unspecified atom stereocenters. The van der Waals surface area contributed by atoms with Gasteiger partial charge in [0, 0.05) is 27.8 Å². The van der Waals surface area contributed by atoms with Gasteiger partial charge in [-0.15, -0.1) is 0 Å². The molecule has 0 saturated carbocycles. The van der Waals surface area contributed by atoms with Crippen LogP contribution in [0.3, 0.4) is 0 Å². The van der Waals surface area contributed by atoms with Crippen LogP contribution in [-0.2, 0) is 0 Å². The summed E-state index contributed by atoms with van der Waals surface area (Å²) in [5.41, 5.74) is 2.35. The molecule has 5 heteroatoms. The third-order valence-electron chi connectivity index (χ3n) is 5.08. The molecule has 1 saturated heterocycles. The van der Waals surface area contributed by atoms with Crippen molar-refractivity contribution in [2.45, 2.75) is 34.0 Å². The number of pyridine rings is 1. The predicted octanol–water partition coefficient (Wildman–Crippen LogP) is 5.82. The minimum atomic E-state index is 0.0591. The van der Waals surface area contributed by atoms with Gasteiger partial charge >= 0.3 is 0 Å². The highest BCUT2D eigenvalue weighted by Gasteiger charge is 2.43. The Bertz CT molecular complexity index is 974. The number of thioether (sulfide) groups is 1. The largest absolute Gasteiger partial charge is 0.341 e. The maximum atomic E-state index is 5.06. The van der Waals surface area contributed by atoms with Crippen molar-refractivity contribution in [3.05, 3.63) is 90.3 Å². The number of hydrogen-bond acceptors (Lipinski definition) is 5. The summed E-state index contributed by atoms with van der Waals surface area (Å²) in [4.78, 5) is 14.7. The second-order valence-corrected chi connectivity index (χ2v) is 9.67. The number of aromatic nitrogens is 1. The molecule has 3 atom stereocenters. The van der Waals surface area contributed by atoms with Crippen molar-refractivity contribution in [2.75, 3.05) is 6.54 Å². The van der Waals surface area contributed by atoms with E-state index < -0.39 is 0 Å². The van der Waals surface area contributed by atoms with Crippen LogP contribution in [0.1, 0.15) is 30.3 Å². The van der Waals surface area contributed by atoms with Crippen molar-refractivity contribution in [3.8, 4) is 0 Å². The molecule has 1 fully saturated rings. The second kappa shape index (κ2) is 7.64. The third kappa shape index (κ3) is 3.45. The summed E-state index contributed by atoms with van der Waals surface area (Å²) in [7, 11) is 0. The molecule has 0 bridgehead atoms. The molecule has 3 heterocycles. The first-order valence-electron chi connectivity index (χ1n) is 9.53. The van der Waals surface area contributed by atoms with Crippen LogP contribution in [0.4, 0.5) is 0 Å². The first-order valence-corrected chi connectivity index (χ1v) is 11.2. The van der Waals surface area contributed by atoms with E-state index in [0.717, 1.165) is 17.4 Å². The molecular formula is C23H21N3S2. The van der Waals surface area contributed by atoms with E-state index in [9.17, 15) is 0 Å². The van der Waals surface area contributed by atoms with Crippen LogP contribution in [0.15, 0.2) is 93.8 Å². The zero-order valence-electron chi connectivity index (χ0n) is 15.6. The molecule has 140 valence electrons. The first kappa shape index (κ1) is 17.8. The molecule has 0 amide bonds. The minimum Gasteiger partial charge on any atom is -0.341 e. The summed E-state index contributed by atoms with van der Waals surface area (Å²) < 4.78 is 0. The highest BCUT2D eigenvalue weighted by molar-refractivity contribution is 8.14. The molecule has 28 heavy (non-hydrogen) atoms. The molecule has 3 aromatic rings. The van der Waals surface area contributed by atoms with Gasteiger partial charge in [-0.25, -0.2) is 0 Å². The molecule has 2 aliphatic heterocycles. The Kier molecular flexibility index (Phi) is 4.87. The summed E-state index contributed by atoms with van der Waals surface area (Å²) in [6.07, 6.45) is 1.87. The molecule has 0 radical (unpaired) electrons. The number of nitrogens with zero attached hydrogens (tertiary/aromatic N) is 3. The Balaban J connectivity index is 1.44. The number of hydrogen-bond donors (Lipinski definition) is 0. The van der Waals surface area contributed by atoms with E-state index in [1.807, 2.05) is 24.0 Å². The molecule has 0 aliphatic carbocycles. The number of aliphatic imine (C=N–C) groups is 1. The van der Waals surface area contributed by atoms with Crippen molar-refractivity contribution in [3.63, 3.8) is 0 Å². The fourth-order valence-corrected chi connectivity index (χ4v) is 5.77. The van der Waals surface area contributed by atoms with E-state index in [-0.39, 0.29) is 12.1 Å². The third-order valence-corrected chi connectivity index (χ3v) is 7.20. The van der Waals surface area contributed by atoms with E-state index in [1.165, 1.54) is 15.4 Å². The van der Waals surface area contributed by atoms with Gasteiger partial charge in [-0.3, -0.25) is 9.98 Å². The molecule has 2 aliphatic rings. The van der Waals surface area contributed by atoms with Crippen molar-refractivity contribution in [1.82, 2.24) is 9.88 Å².